The fourth-order valence-corrected chi connectivity index (χ4v) is 3.41. The molecule has 0 amide bonds. The first-order valence-corrected chi connectivity index (χ1v) is 7.55. The number of aromatic nitrogens is 1. The van der Waals surface area contributed by atoms with Crippen LogP contribution in [0.15, 0.2) is 46.3 Å². The zero-order chi connectivity index (χ0) is 13.4. The lowest BCUT2D eigenvalue weighted by Crippen LogP contribution is -2.04. The second-order valence-electron chi connectivity index (χ2n) is 3.94. The van der Waals surface area contributed by atoms with Gasteiger partial charge in [-0.3, -0.25) is 4.79 Å². The van der Waals surface area contributed by atoms with Crippen LogP contribution in [0.25, 0.3) is 10.9 Å². The predicted molar refractivity (Wildman–Crippen MR) is 82.2 cm³/mol. The third-order valence-corrected chi connectivity index (χ3v) is 4.66. The Labute approximate surface area is 127 Å². The summed E-state index contributed by atoms with van der Waals surface area (Å²) in [7, 11) is 0. The highest BCUT2D eigenvalue weighted by molar-refractivity contribution is 9.10. The zero-order valence-electron chi connectivity index (χ0n) is 9.56. The zero-order valence-corrected chi connectivity index (χ0v) is 12.7. The van der Waals surface area contributed by atoms with Crippen LogP contribution in [-0.2, 0) is 0 Å². The summed E-state index contributed by atoms with van der Waals surface area (Å²) in [5.74, 6) is -0.155. The highest BCUT2D eigenvalue weighted by Crippen LogP contribution is 2.28. The normalized spacial score (nSPS) is 10.8. The van der Waals surface area contributed by atoms with Gasteiger partial charge in [0, 0.05) is 9.86 Å². The lowest BCUT2D eigenvalue weighted by Gasteiger charge is -2.04. The largest absolute Gasteiger partial charge is 0.286 e. The molecular formula is C14H7BrClNOS. The Bertz CT molecular complexity index is 784. The summed E-state index contributed by atoms with van der Waals surface area (Å²) in [6, 6.07) is 11.3. The molecular weight excluding hydrogens is 346 g/mol. The molecule has 1 aromatic carbocycles. The van der Waals surface area contributed by atoms with Crippen LogP contribution in [0.5, 0.6) is 0 Å². The number of para-hydroxylation sites is 1. The molecule has 0 saturated heterocycles. The molecule has 3 rings (SSSR count). The summed E-state index contributed by atoms with van der Waals surface area (Å²) in [5, 5.41) is 3.25. The van der Waals surface area contributed by atoms with Gasteiger partial charge in [-0.1, -0.05) is 29.8 Å². The Morgan fingerprint density at radius 1 is 1.26 bits per heavy atom. The van der Waals surface area contributed by atoms with Gasteiger partial charge in [-0.2, -0.15) is 0 Å². The van der Waals surface area contributed by atoms with Crippen molar-refractivity contribution in [1.82, 2.24) is 4.98 Å². The van der Waals surface area contributed by atoms with E-state index in [4.69, 9.17) is 11.6 Å². The van der Waals surface area contributed by atoms with Gasteiger partial charge >= 0.3 is 0 Å². The maximum absolute atomic E-state index is 12.4. The van der Waals surface area contributed by atoms with Crippen LogP contribution in [0.3, 0.4) is 0 Å². The Morgan fingerprint density at radius 3 is 2.79 bits per heavy atom. The Balaban J connectivity index is 2.17. The molecule has 0 radical (unpaired) electrons. The average Bonchev–Trinajstić information content (AvgIpc) is 2.83. The monoisotopic (exact) mass is 351 g/mol. The van der Waals surface area contributed by atoms with Crippen LogP contribution in [0.1, 0.15) is 15.4 Å². The third-order valence-electron chi connectivity index (χ3n) is 2.72. The van der Waals surface area contributed by atoms with Gasteiger partial charge in [-0.25, -0.2) is 4.98 Å². The molecule has 0 N–H and O–H groups in total. The van der Waals surface area contributed by atoms with Gasteiger partial charge in [0.15, 0.2) is 0 Å². The summed E-state index contributed by atoms with van der Waals surface area (Å²) in [6.45, 7) is 0. The second kappa shape index (κ2) is 5.04. The first-order valence-electron chi connectivity index (χ1n) is 5.50. The number of carbonyl (C=O) groups is 1. The van der Waals surface area contributed by atoms with Crippen LogP contribution in [-0.4, -0.2) is 10.8 Å². The van der Waals surface area contributed by atoms with Gasteiger partial charge in [-0.05, 0) is 39.5 Å². The van der Waals surface area contributed by atoms with Crippen molar-refractivity contribution in [2.24, 2.45) is 0 Å². The van der Waals surface area contributed by atoms with Crippen LogP contribution in [0.2, 0.25) is 5.02 Å². The number of thiophene rings is 1. The number of pyridine rings is 1. The number of ketones is 1. The third kappa shape index (κ3) is 2.31. The SMILES string of the molecule is O=C(c1nc2ccccc2cc1Br)c1sccc1Cl. The number of hydrogen-bond donors (Lipinski definition) is 0. The molecule has 2 nitrogen and oxygen atoms in total. The molecule has 0 fully saturated rings. The number of benzene rings is 1. The first-order chi connectivity index (χ1) is 9.16. The Kier molecular flexibility index (Phi) is 3.39. The van der Waals surface area contributed by atoms with E-state index in [1.54, 1.807) is 11.4 Å². The number of nitrogens with zero attached hydrogens (tertiary/aromatic N) is 1. The van der Waals surface area contributed by atoms with Crippen molar-refractivity contribution >= 4 is 55.6 Å². The molecule has 0 unspecified atom stereocenters. The molecule has 2 heterocycles. The molecule has 19 heavy (non-hydrogen) atoms. The summed E-state index contributed by atoms with van der Waals surface area (Å²) in [6.07, 6.45) is 0. The molecule has 0 spiro atoms. The Hall–Kier alpha value is -1.23. The molecule has 3 aromatic rings. The standard InChI is InChI=1S/C14H7BrClNOS/c15-9-7-8-3-1-2-4-11(8)17-12(9)13(18)14-10(16)5-6-19-14/h1-7H. The van der Waals surface area contributed by atoms with Crippen molar-refractivity contribution in [3.8, 4) is 0 Å². The van der Waals surface area contributed by atoms with Gasteiger partial charge in [0.05, 0.1) is 15.4 Å². The lowest BCUT2D eigenvalue weighted by molar-refractivity contribution is 0.103. The van der Waals surface area contributed by atoms with E-state index in [9.17, 15) is 4.79 Å². The fourth-order valence-electron chi connectivity index (χ4n) is 1.81. The predicted octanol–water partition coefficient (Wildman–Crippen LogP) is 4.94. The highest BCUT2D eigenvalue weighted by atomic mass is 79.9. The molecule has 0 aliphatic carbocycles. The quantitative estimate of drug-likeness (QED) is 0.611. The molecule has 0 aliphatic rings. The van der Waals surface area contributed by atoms with E-state index in [1.807, 2.05) is 30.3 Å². The van der Waals surface area contributed by atoms with Crippen molar-refractivity contribution in [2.75, 3.05) is 0 Å². The highest BCUT2D eigenvalue weighted by Gasteiger charge is 2.19. The average molecular weight is 353 g/mol. The molecule has 0 atom stereocenters. The summed E-state index contributed by atoms with van der Waals surface area (Å²) in [5.41, 5.74) is 1.18. The lowest BCUT2D eigenvalue weighted by atomic mass is 10.1. The molecule has 5 heteroatoms. The van der Waals surface area contributed by atoms with E-state index in [0.29, 0.717) is 20.1 Å². The Morgan fingerprint density at radius 2 is 2.05 bits per heavy atom. The molecule has 0 bridgehead atoms. The fraction of sp³-hybridized carbons (Fsp3) is 0. The van der Waals surface area contributed by atoms with Crippen molar-refractivity contribution in [1.29, 1.82) is 0 Å². The van der Waals surface area contributed by atoms with Crippen molar-refractivity contribution in [3.63, 3.8) is 0 Å². The van der Waals surface area contributed by atoms with E-state index in [-0.39, 0.29) is 5.78 Å². The van der Waals surface area contributed by atoms with E-state index >= 15 is 0 Å². The maximum atomic E-state index is 12.4. The van der Waals surface area contributed by atoms with Crippen molar-refractivity contribution in [3.05, 3.63) is 61.8 Å². The van der Waals surface area contributed by atoms with Crippen LogP contribution >= 0.6 is 38.9 Å². The van der Waals surface area contributed by atoms with E-state index in [1.165, 1.54) is 11.3 Å². The van der Waals surface area contributed by atoms with E-state index < -0.39 is 0 Å². The van der Waals surface area contributed by atoms with E-state index in [2.05, 4.69) is 20.9 Å². The second-order valence-corrected chi connectivity index (χ2v) is 6.12. The van der Waals surface area contributed by atoms with Crippen LogP contribution in [0.4, 0.5) is 0 Å². The summed E-state index contributed by atoms with van der Waals surface area (Å²) >= 11 is 10.7. The van der Waals surface area contributed by atoms with Crippen molar-refractivity contribution in [2.45, 2.75) is 0 Å². The minimum atomic E-state index is -0.155. The minimum Gasteiger partial charge on any atom is -0.286 e. The number of fused-ring (bicyclic) bond motifs is 1. The molecule has 94 valence electrons. The summed E-state index contributed by atoms with van der Waals surface area (Å²) < 4.78 is 0.681. The summed E-state index contributed by atoms with van der Waals surface area (Å²) in [4.78, 5) is 17.4. The van der Waals surface area contributed by atoms with Gasteiger partial charge < -0.3 is 0 Å². The van der Waals surface area contributed by atoms with Crippen LogP contribution < -0.4 is 0 Å². The van der Waals surface area contributed by atoms with Crippen molar-refractivity contribution < 1.29 is 4.79 Å². The van der Waals surface area contributed by atoms with Gasteiger partial charge in [0.2, 0.25) is 5.78 Å². The number of carbonyl (C=O) groups excluding carboxylic acids is 1. The van der Waals surface area contributed by atoms with E-state index in [0.717, 1.165) is 10.9 Å². The van der Waals surface area contributed by atoms with Gasteiger partial charge in [0.25, 0.3) is 0 Å². The smallest absolute Gasteiger partial charge is 0.223 e. The molecule has 0 aliphatic heterocycles. The number of rotatable bonds is 2. The number of halogens is 2. The molecule has 2 aromatic heterocycles. The van der Waals surface area contributed by atoms with Gasteiger partial charge in [-0.15, -0.1) is 11.3 Å². The maximum Gasteiger partial charge on any atom is 0.223 e. The molecule has 0 saturated carbocycles. The van der Waals surface area contributed by atoms with Crippen LogP contribution in [0, 0.1) is 0 Å². The minimum absolute atomic E-state index is 0.155. The number of hydrogen-bond acceptors (Lipinski definition) is 3. The topological polar surface area (TPSA) is 30.0 Å². The van der Waals surface area contributed by atoms with Gasteiger partial charge in [0.1, 0.15) is 5.69 Å². The first kappa shape index (κ1) is 12.8.